The summed E-state index contributed by atoms with van der Waals surface area (Å²) in [5.74, 6) is 0.213. The van der Waals surface area contributed by atoms with Crippen LogP contribution in [0.1, 0.15) is 29.5 Å². The smallest absolute Gasteiger partial charge is 0.287 e. The standard InChI is InChI=1S/C19H19NO2/c1-14(11-12-15-7-3-2-4-8-15)20-19(21)18-13-16-9-5-6-10-17(16)22-18/h2-10,13-14H,11-12H2,1H3,(H,20,21). The van der Waals surface area contributed by atoms with E-state index < -0.39 is 0 Å². The maximum absolute atomic E-state index is 12.2. The van der Waals surface area contributed by atoms with E-state index in [-0.39, 0.29) is 11.9 Å². The van der Waals surface area contributed by atoms with Crippen LogP contribution in [0.2, 0.25) is 0 Å². The highest BCUT2D eigenvalue weighted by molar-refractivity contribution is 5.96. The summed E-state index contributed by atoms with van der Waals surface area (Å²) in [6.07, 6.45) is 1.85. The number of furan rings is 1. The first kappa shape index (κ1) is 14.4. The van der Waals surface area contributed by atoms with E-state index in [0.717, 1.165) is 23.8 Å². The number of amides is 1. The van der Waals surface area contributed by atoms with Crippen molar-refractivity contribution in [1.29, 1.82) is 0 Å². The Hall–Kier alpha value is -2.55. The van der Waals surface area contributed by atoms with Gasteiger partial charge in [0.25, 0.3) is 5.91 Å². The Morgan fingerprint density at radius 3 is 2.59 bits per heavy atom. The van der Waals surface area contributed by atoms with E-state index in [4.69, 9.17) is 4.42 Å². The Balaban J connectivity index is 1.58. The van der Waals surface area contributed by atoms with E-state index in [9.17, 15) is 4.79 Å². The lowest BCUT2D eigenvalue weighted by atomic mass is 10.1. The number of hydrogen-bond acceptors (Lipinski definition) is 2. The third-order valence-corrected chi connectivity index (χ3v) is 3.74. The van der Waals surface area contributed by atoms with Crippen LogP contribution in [0.15, 0.2) is 65.1 Å². The number of carbonyl (C=O) groups is 1. The summed E-state index contributed by atoms with van der Waals surface area (Å²) < 4.78 is 5.58. The topological polar surface area (TPSA) is 42.2 Å². The first-order chi connectivity index (χ1) is 10.7. The van der Waals surface area contributed by atoms with E-state index in [1.807, 2.05) is 49.4 Å². The molecule has 112 valence electrons. The van der Waals surface area contributed by atoms with Crippen molar-refractivity contribution in [3.63, 3.8) is 0 Å². The van der Waals surface area contributed by atoms with Gasteiger partial charge in [0, 0.05) is 11.4 Å². The average Bonchev–Trinajstić information content (AvgIpc) is 2.98. The fraction of sp³-hybridized carbons (Fsp3) is 0.211. The molecule has 1 aromatic heterocycles. The summed E-state index contributed by atoms with van der Waals surface area (Å²) in [6.45, 7) is 2.02. The van der Waals surface area contributed by atoms with Gasteiger partial charge in [-0.1, -0.05) is 48.5 Å². The second kappa shape index (κ2) is 6.48. The normalized spacial score (nSPS) is 12.2. The Kier molecular flexibility index (Phi) is 4.24. The van der Waals surface area contributed by atoms with E-state index in [2.05, 4.69) is 17.4 Å². The summed E-state index contributed by atoms with van der Waals surface area (Å²) >= 11 is 0. The molecule has 3 heteroatoms. The third kappa shape index (κ3) is 3.37. The van der Waals surface area contributed by atoms with Gasteiger partial charge in [-0.3, -0.25) is 4.79 Å². The molecule has 1 unspecified atom stereocenters. The fourth-order valence-electron chi connectivity index (χ4n) is 2.49. The fourth-order valence-corrected chi connectivity index (χ4v) is 2.49. The first-order valence-corrected chi connectivity index (χ1v) is 7.56. The quantitative estimate of drug-likeness (QED) is 0.766. The highest BCUT2D eigenvalue weighted by atomic mass is 16.3. The maximum atomic E-state index is 12.2. The Bertz CT molecular complexity index is 728. The number of aryl methyl sites for hydroxylation is 1. The number of nitrogens with one attached hydrogen (secondary N) is 1. The minimum atomic E-state index is -0.156. The van der Waals surface area contributed by atoms with Gasteiger partial charge in [0.15, 0.2) is 5.76 Å². The van der Waals surface area contributed by atoms with E-state index in [1.54, 1.807) is 6.07 Å². The highest BCUT2D eigenvalue weighted by Gasteiger charge is 2.14. The molecule has 1 atom stereocenters. The molecule has 2 aromatic carbocycles. The zero-order valence-electron chi connectivity index (χ0n) is 12.6. The van der Waals surface area contributed by atoms with Crippen molar-refractivity contribution < 1.29 is 9.21 Å². The summed E-state index contributed by atoms with van der Waals surface area (Å²) in [5, 5.41) is 3.94. The lowest BCUT2D eigenvalue weighted by Crippen LogP contribution is -2.32. The molecule has 0 aliphatic carbocycles. The lowest BCUT2D eigenvalue weighted by Gasteiger charge is -2.12. The minimum absolute atomic E-state index is 0.0981. The summed E-state index contributed by atoms with van der Waals surface area (Å²) in [5.41, 5.74) is 2.02. The predicted octanol–water partition coefficient (Wildman–Crippen LogP) is 4.18. The molecule has 1 heterocycles. The van der Waals surface area contributed by atoms with E-state index >= 15 is 0 Å². The van der Waals surface area contributed by atoms with Crippen molar-refractivity contribution in [2.45, 2.75) is 25.8 Å². The molecule has 0 radical (unpaired) electrons. The monoisotopic (exact) mass is 293 g/mol. The van der Waals surface area contributed by atoms with Crippen molar-refractivity contribution >= 4 is 16.9 Å². The molecule has 0 aliphatic rings. The predicted molar refractivity (Wildman–Crippen MR) is 87.9 cm³/mol. The molecular formula is C19H19NO2. The molecule has 3 nitrogen and oxygen atoms in total. The molecule has 22 heavy (non-hydrogen) atoms. The molecule has 0 spiro atoms. The third-order valence-electron chi connectivity index (χ3n) is 3.74. The van der Waals surface area contributed by atoms with Crippen LogP contribution < -0.4 is 5.32 Å². The second-order valence-electron chi connectivity index (χ2n) is 5.55. The number of carbonyl (C=O) groups excluding carboxylic acids is 1. The van der Waals surface area contributed by atoms with Gasteiger partial charge in [0.1, 0.15) is 5.58 Å². The number of benzene rings is 2. The Morgan fingerprint density at radius 1 is 1.09 bits per heavy atom. The molecule has 0 saturated carbocycles. The molecule has 0 bridgehead atoms. The number of fused-ring (bicyclic) bond motifs is 1. The molecule has 0 fully saturated rings. The zero-order chi connectivity index (χ0) is 15.4. The first-order valence-electron chi connectivity index (χ1n) is 7.56. The van der Waals surface area contributed by atoms with Crippen LogP contribution in [0.4, 0.5) is 0 Å². The Labute approximate surface area is 130 Å². The number of para-hydroxylation sites is 1. The van der Waals surface area contributed by atoms with E-state index in [1.165, 1.54) is 5.56 Å². The van der Waals surface area contributed by atoms with Gasteiger partial charge in [-0.15, -0.1) is 0 Å². The molecule has 0 aliphatic heterocycles. The van der Waals surface area contributed by atoms with Crippen LogP contribution in [0, 0.1) is 0 Å². The summed E-state index contributed by atoms with van der Waals surface area (Å²) in [7, 11) is 0. The van der Waals surface area contributed by atoms with Crippen LogP contribution in [0.3, 0.4) is 0 Å². The van der Waals surface area contributed by atoms with Gasteiger partial charge >= 0.3 is 0 Å². The molecule has 0 saturated heterocycles. The molecule has 1 N–H and O–H groups in total. The van der Waals surface area contributed by atoms with Gasteiger partial charge in [0.05, 0.1) is 0 Å². The van der Waals surface area contributed by atoms with Crippen LogP contribution in [0.25, 0.3) is 11.0 Å². The number of hydrogen-bond donors (Lipinski definition) is 1. The lowest BCUT2D eigenvalue weighted by molar-refractivity contribution is 0.0912. The number of rotatable bonds is 5. The largest absolute Gasteiger partial charge is 0.451 e. The van der Waals surface area contributed by atoms with Crippen LogP contribution in [-0.2, 0) is 6.42 Å². The maximum Gasteiger partial charge on any atom is 0.287 e. The van der Waals surface area contributed by atoms with Crippen molar-refractivity contribution in [2.24, 2.45) is 0 Å². The minimum Gasteiger partial charge on any atom is -0.451 e. The van der Waals surface area contributed by atoms with Crippen LogP contribution in [-0.4, -0.2) is 11.9 Å². The van der Waals surface area contributed by atoms with Gasteiger partial charge in [-0.2, -0.15) is 0 Å². The molecule has 1 amide bonds. The zero-order valence-corrected chi connectivity index (χ0v) is 12.6. The van der Waals surface area contributed by atoms with Gasteiger partial charge in [-0.05, 0) is 37.5 Å². The van der Waals surface area contributed by atoms with Crippen molar-refractivity contribution in [3.05, 3.63) is 72.0 Å². The SMILES string of the molecule is CC(CCc1ccccc1)NC(=O)c1cc2ccccc2o1. The molecule has 3 aromatic rings. The van der Waals surface area contributed by atoms with Crippen molar-refractivity contribution in [3.8, 4) is 0 Å². The van der Waals surface area contributed by atoms with Crippen LogP contribution in [0.5, 0.6) is 0 Å². The molecule has 3 rings (SSSR count). The van der Waals surface area contributed by atoms with Crippen molar-refractivity contribution in [1.82, 2.24) is 5.32 Å². The van der Waals surface area contributed by atoms with Crippen LogP contribution >= 0.6 is 0 Å². The second-order valence-corrected chi connectivity index (χ2v) is 5.55. The van der Waals surface area contributed by atoms with Crippen molar-refractivity contribution in [2.75, 3.05) is 0 Å². The van der Waals surface area contributed by atoms with Gasteiger partial charge in [0.2, 0.25) is 0 Å². The Morgan fingerprint density at radius 2 is 1.82 bits per heavy atom. The summed E-state index contributed by atoms with van der Waals surface area (Å²) in [4.78, 5) is 12.2. The highest BCUT2D eigenvalue weighted by Crippen LogP contribution is 2.18. The van der Waals surface area contributed by atoms with Gasteiger partial charge < -0.3 is 9.73 Å². The van der Waals surface area contributed by atoms with Gasteiger partial charge in [-0.25, -0.2) is 0 Å². The average molecular weight is 293 g/mol. The molecular weight excluding hydrogens is 274 g/mol. The summed E-state index contributed by atoms with van der Waals surface area (Å²) in [6, 6.07) is 19.8. The van der Waals surface area contributed by atoms with E-state index in [0.29, 0.717) is 5.76 Å².